The summed E-state index contributed by atoms with van der Waals surface area (Å²) in [5, 5.41) is 4.29. The van der Waals surface area contributed by atoms with E-state index in [2.05, 4.69) is 15.0 Å². The molecule has 100 valence electrons. The number of hydrogen-bond donors (Lipinski definition) is 2. The van der Waals surface area contributed by atoms with E-state index < -0.39 is 5.97 Å². The average molecular weight is 299 g/mol. The Bertz CT molecular complexity index is 596. The van der Waals surface area contributed by atoms with Gasteiger partial charge >= 0.3 is 5.97 Å². The van der Waals surface area contributed by atoms with Crippen molar-refractivity contribution in [3.8, 4) is 0 Å². The van der Waals surface area contributed by atoms with Gasteiger partial charge in [-0.2, -0.15) is 0 Å². The first-order valence-corrected chi connectivity index (χ1v) is 6.31. The lowest BCUT2D eigenvalue weighted by atomic mass is 10.3. The van der Waals surface area contributed by atoms with Crippen molar-refractivity contribution in [2.24, 2.45) is 0 Å². The third-order valence-electron chi connectivity index (χ3n) is 2.55. The van der Waals surface area contributed by atoms with Crippen molar-refractivity contribution in [1.82, 2.24) is 4.98 Å². The number of halogens is 2. The molecule has 1 heterocycles. The highest BCUT2D eigenvalue weighted by molar-refractivity contribution is 6.36. The Kier molecular flexibility index (Phi) is 4.35. The summed E-state index contributed by atoms with van der Waals surface area (Å²) >= 11 is 11.9. The van der Waals surface area contributed by atoms with Crippen molar-refractivity contribution >= 4 is 34.9 Å². The molecule has 0 atom stereocenters. The molecule has 1 aromatic heterocycles. The molecule has 19 heavy (non-hydrogen) atoms. The molecule has 4 nitrogen and oxygen atoms in total. The quantitative estimate of drug-likeness (QED) is 0.846. The molecule has 0 unspecified atom stereocenters. The molecule has 0 fully saturated rings. The highest BCUT2D eigenvalue weighted by Gasteiger charge is 2.08. The number of hydrogen-bond acceptors (Lipinski definition) is 3. The molecule has 0 saturated carbocycles. The number of H-pyrrole nitrogens is 1. The Morgan fingerprint density at radius 2 is 2.11 bits per heavy atom. The zero-order valence-corrected chi connectivity index (χ0v) is 11.7. The van der Waals surface area contributed by atoms with E-state index in [-0.39, 0.29) is 0 Å². The smallest absolute Gasteiger partial charge is 0.354 e. The summed E-state index contributed by atoms with van der Waals surface area (Å²) in [6, 6.07) is 8.70. The van der Waals surface area contributed by atoms with E-state index in [1.54, 1.807) is 24.3 Å². The predicted molar refractivity (Wildman–Crippen MR) is 75.9 cm³/mol. The first kappa shape index (κ1) is 13.8. The Morgan fingerprint density at radius 3 is 2.79 bits per heavy atom. The van der Waals surface area contributed by atoms with Crippen LogP contribution in [0.15, 0.2) is 30.3 Å². The SMILES string of the molecule is COC(=O)c1ccc(CNc2ccc(Cl)cc2Cl)[nH]1. The molecule has 1 aromatic carbocycles. The van der Waals surface area contributed by atoms with E-state index in [0.29, 0.717) is 22.3 Å². The van der Waals surface area contributed by atoms with Crippen molar-refractivity contribution in [1.29, 1.82) is 0 Å². The number of carbonyl (C=O) groups is 1. The highest BCUT2D eigenvalue weighted by Crippen LogP contribution is 2.25. The normalized spacial score (nSPS) is 10.3. The number of rotatable bonds is 4. The summed E-state index contributed by atoms with van der Waals surface area (Å²) in [5.41, 5.74) is 2.05. The van der Waals surface area contributed by atoms with Crippen LogP contribution in [-0.4, -0.2) is 18.1 Å². The van der Waals surface area contributed by atoms with E-state index in [0.717, 1.165) is 11.4 Å². The molecule has 0 radical (unpaired) electrons. The number of nitrogens with one attached hydrogen (secondary N) is 2. The summed E-state index contributed by atoms with van der Waals surface area (Å²) in [6.07, 6.45) is 0. The molecule has 0 bridgehead atoms. The van der Waals surface area contributed by atoms with Crippen molar-refractivity contribution in [2.75, 3.05) is 12.4 Å². The lowest BCUT2D eigenvalue weighted by Gasteiger charge is -2.07. The van der Waals surface area contributed by atoms with Crippen molar-refractivity contribution in [3.63, 3.8) is 0 Å². The van der Waals surface area contributed by atoms with Gasteiger partial charge in [0.2, 0.25) is 0 Å². The van der Waals surface area contributed by atoms with Crippen LogP contribution < -0.4 is 5.32 Å². The molecule has 0 aliphatic heterocycles. The van der Waals surface area contributed by atoms with E-state index in [4.69, 9.17) is 23.2 Å². The Labute approximate surface area is 120 Å². The summed E-state index contributed by atoms with van der Waals surface area (Å²) in [4.78, 5) is 14.2. The minimum atomic E-state index is -0.393. The van der Waals surface area contributed by atoms with Gasteiger partial charge in [0, 0.05) is 10.7 Å². The van der Waals surface area contributed by atoms with Crippen LogP contribution >= 0.6 is 23.2 Å². The van der Waals surface area contributed by atoms with Crippen LogP contribution in [0.3, 0.4) is 0 Å². The van der Waals surface area contributed by atoms with Crippen LogP contribution in [0, 0.1) is 0 Å². The Morgan fingerprint density at radius 1 is 1.32 bits per heavy atom. The number of methoxy groups -OCH3 is 1. The van der Waals surface area contributed by atoms with E-state index in [1.165, 1.54) is 7.11 Å². The van der Waals surface area contributed by atoms with Crippen molar-refractivity contribution < 1.29 is 9.53 Å². The topological polar surface area (TPSA) is 54.1 Å². The molecular formula is C13H12Cl2N2O2. The number of carbonyl (C=O) groups excluding carboxylic acids is 1. The van der Waals surface area contributed by atoms with Gasteiger partial charge in [-0.05, 0) is 30.3 Å². The number of anilines is 1. The number of aromatic nitrogens is 1. The summed E-state index contributed by atoms with van der Waals surface area (Å²) in [5.74, 6) is -0.393. The van der Waals surface area contributed by atoms with Crippen molar-refractivity contribution in [2.45, 2.75) is 6.54 Å². The summed E-state index contributed by atoms with van der Waals surface area (Å²) in [6.45, 7) is 0.512. The van der Waals surface area contributed by atoms with Gasteiger partial charge in [-0.15, -0.1) is 0 Å². The summed E-state index contributed by atoms with van der Waals surface area (Å²) < 4.78 is 4.62. The van der Waals surface area contributed by atoms with Gasteiger partial charge in [0.05, 0.1) is 24.4 Å². The second kappa shape index (κ2) is 5.99. The van der Waals surface area contributed by atoms with Gasteiger partial charge in [-0.25, -0.2) is 4.79 Å². The average Bonchev–Trinajstić information content (AvgIpc) is 2.85. The van der Waals surface area contributed by atoms with Gasteiger partial charge in [0.25, 0.3) is 0 Å². The molecule has 6 heteroatoms. The van der Waals surface area contributed by atoms with Crippen LogP contribution in [0.1, 0.15) is 16.2 Å². The second-order valence-electron chi connectivity index (χ2n) is 3.87. The monoisotopic (exact) mass is 298 g/mol. The molecular weight excluding hydrogens is 287 g/mol. The second-order valence-corrected chi connectivity index (χ2v) is 4.71. The number of benzene rings is 1. The largest absolute Gasteiger partial charge is 0.464 e. The molecule has 2 rings (SSSR count). The number of esters is 1. The van der Waals surface area contributed by atoms with Gasteiger partial charge in [0.1, 0.15) is 5.69 Å². The third kappa shape index (κ3) is 3.43. The van der Waals surface area contributed by atoms with Gasteiger partial charge in [-0.1, -0.05) is 23.2 Å². The third-order valence-corrected chi connectivity index (χ3v) is 3.10. The summed E-state index contributed by atoms with van der Waals surface area (Å²) in [7, 11) is 1.34. The van der Waals surface area contributed by atoms with E-state index >= 15 is 0 Å². The zero-order valence-electron chi connectivity index (χ0n) is 10.2. The fourth-order valence-corrected chi connectivity index (χ4v) is 2.07. The van der Waals surface area contributed by atoms with Crippen LogP contribution in [0.5, 0.6) is 0 Å². The van der Waals surface area contributed by atoms with Crippen LogP contribution in [0.2, 0.25) is 10.0 Å². The van der Waals surface area contributed by atoms with Crippen LogP contribution in [0.4, 0.5) is 5.69 Å². The molecule has 0 aliphatic carbocycles. The fourth-order valence-electron chi connectivity index (χ4n) is 1.60. The standard InChI is InChI=1S/C13H12Cl2N2O2/c1-19-13(18)12-5-3-9(17-12)7-16-11-4-2-8(14)6-10(11)15/h2-6,16-17H,7H2,1H3. The zero-order chi connectivity index (χ0) is 13.8. The fraction of sp³-hybridized carbons (Fsp3) is 0.154. The molecule has 0 aliphatic rings. The lowest BCUT2D eigenvalue weighted by Crippen LogP contribution is -2.04. The van der Waals surface area contributed by atoms with Gasteiger partial charge in [-0.3, -0.25) is 0 Å². The first-order valence-electron chi connectivity index (χ1n) is 5.55. The lowest BCUT2D eigenvalue weighted by molar-refractivity contribution is 0.0594. The van der Waals surface area contributed by atoms with Gasteiger partial charge in [0.15, 0.2) is 0 Å². The molecule has 0 saturated heterocycles. The van der Waals surface area contributed by atoms with E-state index in [1.807, 2.05) is 6.07 Å². The number of aromatic amines is 1. The minimum absolute atomic E-state index is 0.393. The predicted octanol–water partition coefficient (Wildman–Crippen LogP) is 3.72. The van der Waals surface area contributed by atoms with Crippen LogP contribution in [0.25, 0.3) is 0 Å². The molecule has 2 N–H and O–H groups in total. The van der Waals surface area contributed by atoms with Crippen molar-refractivity contribution in [3.05, 3.63) is 51.8 Å². The highest BCUT2D eigenvalue weighted by atomic mass is 35.5. The Balaban J connectivity index is 2.02. The Hall–Kier alpha value is -1.65. The molecule has 2 aromatic rings. The molecule has 0 spiro atoms. The molecule has 0 amide bonds. The maximum absolute atomic E-state index is 11.3. The first-order chi connectivity index (χ1) is 9.10. The van der Waals surface area contributed by atoms with E-state index in [9.17, 15) is 4.79 Å². The van der Waals surface area contributed by atoms with Gasteiger partial charge < -0.3 is 15.0 Å². The number of ether oxygens (including phenoxy) is 1. The maximum Gasteiger partial charge on any atom is 0.354 e. The maximum atomic E-state index is 11.3. The van der Waals surface area contributed by atoms with Crippen LogP contribution in [-0.2, 0) is 11.3 Å². The minimum Gasteiger partial charge on any atom is -0.464 e.